The quantitative estimate of drug-likeness (QED) is 0.899. The van der Waals surface area contributed by atoms with Crippen LogP contribution < -0.4 is 10.1 Å². The lowest BCUT2D eigenvalue weighted by Gasteiger charge is -2.33. The molecule has 1 heterocycles. The summed E-state index contributed by atoms with van der Waals surface area (Å²) in [6.07, 6.45) is 1.97. The van der Waals surface area contributed by atoms with Crippen molar-refractivity contribution in [1.82, 2.24) is 15.1 Å². The largest absolute Gasteiger partial charge is 0.493 e. The number of hydrogen-bond donors (Lipinski definition) is 1. The predicted octanol–water partition coefficient (Wildman–Crippen LogP) is 1.72. The molecule has 6 nitrogen and oxygen atoms in total. The van der Waals surface area contributed by atoms with Crippen molar-refractivity contribution in [3.8, 4) is 5.75 Å². The van der Waals surface area contributed by atoms with Crippen LogP contribution >= 0.6 is 0 Å². The first-order valence-corrected chi connectivity index (χ1v) is 7.99. The molecule has 0 radical (unpaired) electrons. The van der Waals surface area contributed by atoms with E-state index in [0.717, 1.165) is 18.6 Å². The maximum atomic E-state index is 12.2. The zero-order valence-electron chi connectivity index (χ0n) is 13.8. The van der Waals surface area contributed by atoms with Gasteiger partial charge in [-0.2, -0.15) is 0 Å². The van der Waals surface area contributed by atoms with Crippen molar-refractivity contribution >= 4 is 11.9 Å². The molecule has 1 fully saturated rings. The average molecular weight is 319 g/mol. The molecule has 0 unspecified atom stereocenters. The topological polar surface area (TPSA) is 61.9 Å². The van der Waals surface area contributed by atoms with Crippen LogP contribution in [0.3, 0.4) is 0 Å². The molecular weight excluding hydrogens is 294 g/mol. The highest BCUT2D eigenvalue weighted by Crippen LogP contribution is 2.13. The molecule has 0 saturated carbocycles. The lowest BCUT2D eigenvalue weighted by Crippen LogP contribution is -2.48. The third kappa shape index (κ3) is 5.47. The van der Waals surface area contributed by atoms with E-state index in [2.05, 4.69) is 5.32 Å². The summed E-state index contributed by atoms with van der Waals surface area (Å²) in [5, 5.41) is 2.97. The number of benzene rings is 1. The number of carbonyl (C=O) groups is 2. The van der Waals surface area contributed by atoms with Gasteiger partial charge in [-0.25, -0.2) is 4.79 Å². The number of rotatable bonds is 5. The van der Waals surface area contributed by atoms with E-state index < -0.39 is 0 Å². The summed E-state index contributed by atoms with van der Waals surface area (Å²) in [6, 6.07) is 9.57. The molecule has 0 aromatic heterocycles. The fourth-order valence-corrected chi connectivity index (χ4v) is 2.51. The molecule has 0 aliphatic carbocycles. The van der Waals surface area contributed by atoms with E-state index in [0.29, 0.717) is 26.1 Å². The number of likely N-dealkylation sites (tertiary alicyclic amines) is 1. The van der Waals surface area contributed by atoms with E-state index >= 15 is 0 Å². The molecular formula is C17H25N3O3. The van der Waals surface area contributed by atoms with Gasteiger partial charge in [-0.1, -0.05) is 18.2 Å². The van der Waals surface area contributed by atoms with Gasteiger partial charge in [0.2, 0.25) is 5.91 Å². The van der Waals surface area contributed by atoms with Crippen LogP contribution in [-0.4, -0.2) is 61.6 Å². The minimum Gasteiger partial charge on any atom is -0.493 e. The number of piperidine rings is 1. The van der Waals surface area contributed by atoms with Crippen LogP contribution in [0.5, 0.6) is 5.75 Å². The monoisotopic (exact) mass is 319 g/mol. The number of carbonyl (C=O) groups excluding carboxylic acids is 2. The first-order valence-electron chi connectivity index (χ1n) is 7.99. The van der Waals surface area contributed by atoms with E-state index in [9.17, 15) is 9.59 Å². The lowest BCUT2D eigenvalue weighted by molar-refractivity contribution is -0.132. The Bertz CT molecular complexity index is 511. The summed E-state index contributed by atoms with van der Waals surface area (Å²) in [4.78, 5) is 27.2. The summed E-state index contributed by atoms with van der Waals surface area (Å²) in [5.41, 5.74) is 0. The predicted molar refractivity (Wildman–Crippen MR) is 88.4 cm³/mol. The molecule has 1 aliphatic rings. The van der Waals surface area contributed by atoms with E-state index in [1.807, 2.05) is 35.2 Å². The summed E-state index contributed by atoms with van der Waals surface area (Å²) < 4.78 is 5.56. The standard InChI is InChI=1S/C17H25N3O3/c1-19(2)17(22)18-14-8-11-20(12-9-14)16(21)10-13-23-15-6-4-3-5-7-15/h3-7,14H,8-13H2,1-2H3,(H,18,22). The van der Waals surface area contributed by atoms with Gasteiger partial charge in [0, 0.05) is 33.2 Å². The zero-order chi connectivity index (χ0) is 16.7. The molecule has 1 aliphatic heterocycles. The van der Waals surface area contributed by atoms with Gasteiger partial charge in [0.05, 0.1) is 13.0 Å². The van der Waals surface area contributed by atoms with Crippen LogP contribution in [0, 0.1) is 0 Å². The Morgan fingerprint density at radius 1 is 1.22 bits per heavy atom. The Morgan fingerprint density at radius 3 is 2.48 bits per heavy atom. The summed E-state index contributed by atoms with van der Waals surface area (Å²) in [7, 11) is 3.45. The Morgan fingerprint density at radius 2 is 1.87 bits per heavy atom. The van der Waals surface area contributed by atoms with Gasteiger partial charge >= 0.3 is 6.03 Å². The van der Waals surface area contributed by atoms with Crippen molar-refractivity contribution in [1.29, 1.82) is 0 Å². The third-order valence-electron chi connectivity index (χ3n) is 3.91. The van der Waals surface area contributed by atoms with Gasteiger partial charge in [0.1, 0.15) is 5.75 Å². The van der Waals surface area contributed by atoms with Gasteiger partial charge in [0.15, 0.2) is 0 Å². The molecule has 23 heavy (non-hydrogen) atoms. The number of nitrogens with one attached hydrogen (secondary N) is 1. The Labute approximate surface area is 137 Å². The normalized spacial score (nSPS) is 15.1. The summed E-state index contributed by atoms with van der Waals surface area (Å²) >= 11 is 0. The maximum Gasteiger partial charge on any atom is 0.317 e. The molecule has 126 valence electrons. The second kappa shape index (κ2) is 8.41. The molecule has 0 bridgehead atoms. The number of nitrogens with zero attached hydrogens (tertiary/aromatic N) is 2. The van der Waals surface area contributed by atoms with Crippen LogP contribution in [0.15, 0.2) is 30.3 Å². The van der Waals surface area contributed by atoms with Gasteiger partial charge in [-0.15, -0.1) is 0 Å². The first kappa shape index (κ1) is 17.1. The second-order valence-corrected chi connectivity index (χ2v) is 5.91. The van der Waals surface area contributed by atoms with E-state index in [4.69, 9.17) is 4.74 Å². The SMILES string of the molecule is CN(C)C(=O)NC1CCN(C(=O)CCOc2ccccc2)CC1. The molecule has 6 heteroatoms. The smallest absolute Gasteiger partial charge is 0.317 e. The Balaban J connectivity index is 1.66. The number of para-hydroxylation sites is 1. The van der Waals surface area contributed by atoms with Crippen molar-refractivity contribution in [2.75, 3.05) is 33.8 Å². The average Bonchev–Trinajstić information content (AvgIpc) is 2.56. The maximum absolute atomic E-state index is 12.2. The molecule has 1 N–H and O–H groups in total. The van der Waals surface area contributed by atoms with Crippen LogP contribution in [-0.2, 0) is 4.79 Å². The number of urea groups is 1. The number of amides is 3. The van der Waals surface area contributed by atoms with Crippen LogP contribution in [0.2, 0.25) is 0 Å². The van der Waals surface area contributed by atoms with Crippen molar-refractivity contribution < 1.29 is 14.3 Å². The minimum atomic E-state index is -0.0777. The van der Waals surface area contributed by atoms with Gasteiger partial charge in [0.25, 0.3) is 0 Å². The van der Waals surface area contributed by atoms with Crippen molar-refractivity contribution in [2.45, 2.75) is 25.3 Å². The number of ether oxygens (including phenoxy) is 1. The highest BCUT2D eigenvalue weighted by molar-refractivity contribution is 5.76. The van der Waals surface area contributed by atoms with Crippen molar-refractivity contribution in [2.24, 2.45) is 0 Å². The van der Waals surface area contributed by atoms with E-state index in [1.165, 1.54) is 4.90 Å². The fraction of sp³-hybridized carbons (Fsp3) is 0.529. The second-order valence-electron chi connectivity index (χ2n) is 5.91. The Kier molecular flexibility index (Phi) is 6.26. The van der Waals surface area contributed by atoms with Gasteiger partial charge in [-0.3, -0.25) is 4.79 Å². The van der Waals surface area contributed by atoms with Gasteiger partial charge < -0.3 is 19.9 Å². The third-order valence-corrected chi connectivity index (χ3v) is 3.91. The minimum absolute atomic E-state index is 0.0777. The van der Waals surface area contributed by atoms with Crippen LogP contribution in [0.4, 0.5) is 4.79 Å². The molecule has 1 aromatic carbocycles. The molecule has 0 atom stereocenters. The number of hydrogen-bond acceptors (Lipinski definition) is 3. The summed E-state index contributed by atoms with van der Waals surface area (Å²) in [5.74, 6) is 0.892. The molecule has 0 spiro atoms. The van der Waals surface area contributed by atoms with Crippen LogP contribution in [0.1, 0.15) is 19.3 Å². The highest BCUT2D eigenvalue weighted by atomic mass is 16.5. The first-order chi connectivity index (χ1) is 11.1. The fourth-order valence-electron chi connectivity index (χ4n) is 2.51. The Hall–Kier alpha value is -2.24. The van der Waals surface area contributed by atoms with Crippen molar-refractivity contribution in [3.63, 3.8) is 0 Å². The summed E-state index contributed by atoms with van der Waals surface area (Å²) in [6.45, 7) is 1.76. The van der Waals surface area contributed by atoms with Gasteiger partial charge in [-0.05, 0) is 25.0 Å². The molecule has 2 rings (SSSR count). The highest BCUT2D eigenvalue weighted by Gasteiger charge is 2.23. The van der Waals surface area contributed by atoms with E-state index in [1.54, 1.807) is 14.1 Å². The molecule has 3 amide bonds. The zero-order valence-corrected chi connectivity index (χ0v) is 13.8. The lowest BCUT2D eigenvalue weighted by atomic mass is 10.0. The van der Waals surface area contributed by atoms with Crippen molar-refractivity contribution in [3.05, 3.63) is 30.3 Å². The van der Waals surface area contributed by atoms with E-state index in [-0.39, 0.29) is 18.0 Å². The van der Waals surface area contributed by atoms with Crippen LogP contribution in [0.25, 0.3) is 0 Å². The molecule has 1 aromatic rings. The molecule has 1 saturated heterocycles.